The molecule has 0 atom stereocenters. The predicted molar refractivity (Wildman–Crippen MR) is 76.6 cm³/mol. The van der Waals surface area contributed by atoms with Gasteiger partial charge in [-0.2, -0.15) is 0 Å². The van der Waals surface area contributed by atoms with Crippen molar-refractivity contribution in [2.75, 3.05) is 5.32 Å². The summed E-state index contributed by atoms with van der Waals surface area (Å²) in [6.07, 6.45) is 1.12. The van der Waals surface area contributed by atoms with Crippen LogP contribution in [0.3, 0.4) is 0 Å². The summed E-state index contributed by atoms with van der Waals surface area (Å²) in [6.45, 7) is 10.3. The van der Waals surface area contributed by atoms with Crippen LogP contribution in [0.2, 0.25) is 0 Å². The summed E-state index contributed by atoms with van der Waals surface area (Å²) in [6, 6.07) is 6.52. The molecule has 0 fully saturated rings. The number of rotatable bonds is 4. The molecule has 0 amide bonds. The molecule has 2 rings (SSSR count). The second-order valence-electron chi connectivity index (χ2n) is 4.82. The summed E-state index contributed by atoms with van der Waals surface area (Å²) in [7, 11) is 0. The first-order valence-electron chi connectivity index (χ1n) is 5.86. The number of allylic oxidation sites excluding steroid dienone is 1. The maximum Gasteiger partial charge on any atom is 0.188 e. The molecule has 0 saturated heterocycles. The van der Waals surface area contributed by atoms with E-state index >= 15 is 0 Å². The molecule has 0 aliphatic heterocycles. The number of nitrogens with zero attached hydrogens (tertiary/aromatic N) is 1. The van der Waals surface area contributed by atoms with Gasteiger partial charge in [0.05, 0.1) is 10.2 Å². The number of nitrogens with one attached hydrogen (secondary N) is 1. The third-order valence-corrected chi connectivity index (χ3v) is 3.35. The normalized spacial score (nSPS) is 11.1. The monoisotopic (exact) mass is 246 g/mol. The molecule has 0 aliphatic rings. The van der Waals surface area contributed by atoms with Gasteiger partial charge >= 0.3 is 0 Å². The fourth-order valence-electron chi connectivity index (χ4n) is 1.80. The van der Waals surface area contributed by atoms with Gasteiger partial charge in [-0.05, 0) is 37.0 Å². The van der Waals surface area contributed by atoms with Crippen LogP contribution in [0.4, 0.5) is 5.13 Å². The predicted octanol–water partition coefficient (Wildman–Crippen LogP) is 4.44. The summed E-state index contributed by atoms with van der Waals surface area (Å²) >= 11 is 1.68. The highest BCUT2D eigenvalue weighted by Crippen LogP contribution is 2.28. The smallest absolute Gasteiger partial charge is 0.188 e. The van der Waals surface area contributed by atoms with Crippen molar-refractivity contribution in [3.63, 3.8) is 0 Å². The van der Waals surface area contributed by atoms with Gasteiger partial charge in [0, 0.05) is 5.70 Å². The van der Waals surface area contributed by atoms with Crippen molar-refractivity contribution in [3.05, 3.63) is 36.0 Å². The zero-order valence-electron chi connectivity index (χ0n) is 10.6. The van der Waals surface area contributed by atoms with Gasteiger partial charge < -0.3 is 5.32 Å². The number of thiazole rings is 1. The van der Waals surface area contributed by atoms with E-state index in [4.69, 9.17) is 0 Å². The molecule has 0 bridgehead atoms. The second-order valence-corrected chi connectivity index (χ2v) is 5.86. The van der Waals surface area contributed by atoms with Crippen molar-refractivity contribution in [2.45, 2.75) is 27.2 Å². The van der Waals surface area contributed by atoms with Gasteiger partial charge in [-0.1, -0.05) is 37.8 Å². The largest absolute Gasteiger partial charge is 0.336 e. The van der Waals surface area contributed by atoms with Gasteiger partial charge in [0.2, 0.25) is 0 Å². The Morgan fingerprint density at radius 1 is 1.47 bits per heavy atom. The standard InChI is InChI=1S/C14H18N2S/c1-9(2)7-11-5-6-12-13(8-11)17-14(16-12)15-10(3)4/h5-6,8-9H,3,7H2,1-2,4H3,(H,15,16). The van der Waals surface area contributed by atoms with E-state index in [1.54, 1.807) is 11.3 Å². The molecule has 0 spiro atoms. The third kappa shape index (κ3) is 3.07. The molecule has 1 aromatic heterocycles. The van der Waals surface area contributed by atoms with E-state index in [1.807, 2.05) is 6.92 Å². The van der Waals surface area contributed by atoms with Crippen LogP contribution >= 0.6 is 11.3 Å². The van der Waals surface area contributed by atoms with E-state index < -0.39 is 0 Å². The Morgan fingerprint density at radius 2 is 2.24 bits per heavy atom. The lowest BCUT2D eigenvalue weighted by Gasteiger charge is -2.03. The summed E-state index contributed by atoms with van der Waals surface area (Å²) in [5.74, 6) is 0.688. The van der Waals surface area contributed by atoms with Crippen molar-refractivity contribution >= 4 is 26.7 Å². The molecule has 17 heavy (non-hydrogen) atoms. The highest BCUT2D eigenvalue weighted by atomic mass is 32.1. The maximum absolute atomic E-state index is 4.52. The molecule has 0 radical (unpaired) electrons. The Bertz CT molecular complexity index is 540. The van der Waals surface area contributed by atoms with Gasteiger partial charge in [-0.25, -0.2) is 4.98 Å². The quantitative estimate of drug-likeness (QED) is 0.862. The topological polar surface area (TPSA) is 24.9 Å². The molecule has 3 heteroatoms. The molecule has 0 saturated carbocycles. The van der Waals surface area contributed by atoms with E-state index in [1.165, 1.54) is 10.3 Å². The van der Waals surface area contributed by atoms with Crippen molar-refractivity contribution in [1.29, 1.82) is 0 Å². The first-order chi connectivity index (χ1) is 8.04. The van der Waals surface area contributed by atoms with E-state index in [9.17, 15) is 0 Å². The van der Waals surface area contributed by atoms with Crippen molar-refractivity contribution < 1.29 is 0 Å². The molecule has 1 heterocycles. The number of aromatic nitrogens is 1. The fraction of sp³-hybridized carbons (Fsp3) is 0.357. The number of anilines is 1. The highest BCUT2D eigenvalue weighted by Gasteiger charge is 2.05. The van der Waals surface area contributed by atoms with E-state index in [0.29, 0.717) is 5.92 Å². The Labute approximate surface area is 106 Å². The molecule has 1 aromatic carbocycles. The molecule has 2 nitrogen and oxygen atoms in total. The van der Waals surface area contributed by atoms with Gasteiger partial charge in [-0.3, -0.25) is 0 Å². The van der Waals surface area contributed by atoms with E-state index in [2.05, 4.69) is 48.9 Å². The van der Waals surface area contributed by atoms with Gasteiger partial charge in [0.1, 0.15) is 0 Å². The van der Waals surface area contributed by atoms with Gasteiger partial charge in [-0.15, -0.1) is 0 Å². The number of hydrogen-bond donors (Lipinski definition) is 1. The van der Waals surface area contributed by atoms with Crippen LogP contribution in [0.25, 0.3) is 10.2 Å². The van der Waals surface area contributed by atoms with Crippen LogP contribution in [0.1, 0.15) is 26.3 Å². The molecule has 0 unspecified atom stereocenters. The molecular weight excluding hydrogens is 228 g/mol. The van der Waals surface area contributed by atoms with E-state index in [0.717, 1.165) is 22.8 Å². The Hall–Kier alpha value is -1.35. The number of benzene rings is 1. The average Bonchev–Trinajstić information content (AvgIpc) is 2.56. The van der Waals surface area contributed by atoms with Crippen LogP contribution in [-0.2, 0) is 6.42 Å². The summed E-state index contributed by atoms with van der Waals surface area (Å²) < 4.78 is 1.24. The lowest BCUT2D eigenvalue weighted by molar-refractivity contribution is 0.648. The van der Waals surface area contributed by atoms with Gasteiger partial charge in [0.25, 0.3) is 0 Å². The van der Waals surface area contributed by atoms with Crippen LogP contribution < -0.4 is 5.32 Å². The zero-order valence-corrected chi connectivity index (χ0v) is 11.4. The molecule has 2 aromatic rings. The Kier molecular flexibility index (Phi) is 3.48. The minimum absolute atomic E-state index is 0.688. The summed E-state index contributed by atoms with van der Waals surface area (Å²) in [5, 5.41) is 4.09. The first-order valence-corrected chi connectivity index (χ1v) is 6.68. The SMILES string of the molecule is C=C(C)Nc1nc2ccc(CC(C)C)cc2s1. The van der Waals surface area contributed by atoms with Gasteiger partial charge in [0.15, 0.2) is 5.13 Å². The number of fused-ring (bicyclic) bond motifs is 1. The minimum Gasteiger partial charge on any atom is -0.336 e. The number of hydrogen-bond acceptors (Lipinski definition) is 3. The van der Waals surface area contributed by atoms with Crippen molar-refractivity contribution in [2.24, 2.45) is 5.92 Å². The fourth-order valence-corrected chi connectivity index (χ4v) is 2.81. The lowest BCUT2D eigenvalue weighted by atomic mass is 10.0. The molecule has 90 valence electrons. The van der Waals surface area contributed by atoms with Crippen LogP contribution in [0, 0.1) is 5.92 Å². The third-order valence-electron chi connectivity index (χ3n) is 2.42. The Balaban J connectivity index is 2.30. The lowest BCUT2D eigenvalue weighted by Crippen LogP contribution is -1.93. The van der Waals surface area contributed by atoms with Crippen molar-refractivity contribution in [3.8, 4) is 0 Å². The minimum atomic E-state index is 0.688. The Morgan fingerprint density at radius 3 is 2.88 bits per heavy atom. The summed E-state index contributed by atoms with van der Waals surface area (Å²) in [4.78, 5) is 4.52. The summed E-state index contributed by atoms with van der Waals surface area (Å²) in [5.41, 5.74) is 3.37. The molecule has 1 N–H and O–H groups in total. The van der Waals surface area contributed by atoms with E-state index in [-0.39, 0.29) is 0 Å². The first kappa shape index (κ1) is 12.1. The molecular formula is C14H18N2S. The van der Waals surface area contributed by atoms with Crippen LogP contribution in [-0.4, -0.2) is 4.98 Å². The highest BCUT2D eigenvalue weighted by molar-refractivity contribution is 7.22. The zero-order chi connectivity index (χ0) is 12.4. The van der Waals surface area contributed by atoms with Crippen molar-refractivity contribution in [1.82, 2.24) is 4.98 Å². The maximum atomic E-state index is 4.52. The van der Waals surface area contributed by atoms with Crippen LogP contribution in [0.5, 0.6) is 0 Å². The van der Waals surface area contributed by atoms with Crippen LogP contribution in [0.15, 0.2) is 30.5 Å². The molecule has 0 aliphatic carbocycles. The second kappa shape index (κ2) is 4.88. The average molecular weight is 246 g/mol.